The molecule has 1 unspecified atom stereocenters. The van der Waals surface area contributed by atoms with Gasteiger partial charge in [-0.1, -0.05) is 42.5 Å². The first-order valence-electron chi connectivity index (χ1n) is 10.6. The van der Waals surface area contributed by atoms with Gasteiger partial charge in [0.1, 0.15) is 0 Å². The van der Waals surface area contributed by atoms with Crippen LogP contribution in [0.2, 0.25) is 0 Å². The first-order chi connectivity index (χ1) is 15.6. The Labute approximate surface area is 186 Å². The predicted molar refractivity (Wildman–Crippen MR) is 122 cm³/mol. The largest absolute Gasteiger partial charge is 0.322 e. The zero-order chi connectivity index (χ0) is 22.1. The molecule has 7 heteroatoms. The van der Waals surface area contributed by atoms with Gasteiger partial charge in [0.2, 0.25) is 5.91 Å². The highest BCUT2D eigenvalue weighted by molar-refractivity contribution is 6.09. The average Bonchev–Trinajstić information content (AvgIpc) is 3.26. The fourth-order valence-electron chi connectivity index (χ4n) is 4.20. The van der Waals surface area contributed by atoms with E-state index in [0.717, 1.165) is 28.0 Å². The number of urea groups is 1. The molecule has 0 saturated carbocycles. The van der Waals surface area contributed by atoms with E-state index in [1.807, 2.05) is 66.9 Å². The van der Waals surface area contributed by atoms with Crippen molar-refractivity contribution in [3.63, 3.8) is 0 Å². The third-order valence-electron chi connectivity index (χ3n) is 5.98. The molecule has 2 aliphatic heterocycles. The number of hydrogen-bond donors (Lipinski definition) is 1. The van der Waals surface area contributed by atoms with Crippen molar-refractivity contribution >= 4 is 23.3 Å². The number of nitrogens with zero attached hydrogens (tertiary/aromatic N) is 4. The molecule has 1 aromatic heterocycles. The SMILES string of the molecule is CN1N=C(c2ccc(NC(=O)N3Cc4ccncc4C3)cc2)C(c2ccccc2)CC1=O. The number of pyridine rings is 1. The number of anilines is 1. The number of fused-ring (bicyclic) bond motifs is 1. The van der Waals surface area contributed by atoms with Crippen LogP contribution < -0.4 is 5.32 Å². The van der Waals surface area contributed by atoms with Crippen molar-refractivity contribution in [1.29, 1.82) is 0 Å². The Morgan fingerprint density at radius 3 is 2.50 bits per heavy atom. The number of amides is 3. The van der Waals surface area contributed by atoms with Crippen molar-refractivity contribution in [2.75, 3.05) is 12.4 Å². The summed E-state index contributed by atoms with van der Waals surface area (Å²) in [5.74, 6) is -0.106. The quantitative estimate of drug-likeness (QED) is 0.690. The maximum atomic E-state index is 12.7. The van der Waals surface area contributed by atoms with Crippen molar-refractivity contribution in [2.45, 2.75) is 25.4 Å². The molecule has 3 heterocycles. The monoisotopic (exact) mass is 425 g/mol. The van der Waals surface area contributed by atoms with Crippen molar-refractivity contribution < 1.29 is 9.59 Å². The summed E-state index contributed by atoms with van der Waals surface area (Å²) in [5, 5.41) is 8.94. The number of aromatic nitrogens is 1. The fraction of sp³-hybridized carbons (Fsp3) is 0.200. The minimum absolute atomic E-state index is 0.00621. The molecular formula is C25H23N5O2. The van der Waals surface area contributed by atoms with Crippen LogP contribution in [0.25, 0.3) is 0 Å². The van der Waals surface area contributed by atoms with E-state index in [4.69, 9.17) is 0 Å². The predicted octanol–water partition coefficient (Wildman–Crippen LogP) is 3.98. The normalized spacial score (nSPS) is 17.7. The van der Waals surface area contributed by atoms with Crippen LogP contribution in [0.1, 0.15) is 34.6 Å². The van der Waals surface area contributed by atoms with E-state index in [1.165, 1.54) is 5.01 Å². The molecule has 3 aromatic rings. The number of benzene rings is 2. The summed E-state index contributed by atoms with van der Waals surface area (Å²) in [6, 6.07) is 19.4. The van der Waals surface area contributed by atoms with Crippen molar-refractivity contribution in [1.82, 2.24) is 14.9 Å². The van der Waals surface area contributed by atoms with Crippen molar-refractivity contribution in [3.8, 4) is 0 Å². The highest BCUT2D eigenvalue weighted by Crippen LogP contribution is 2.30. The summed E-state index contributed by atoms with van der Waals surface area (Å²) in [6.07, 6.45) is 3.94. The third-order valence-corrected chi connectivity index (χ3v) is 5.98. The third kappa shape index (κ3) is 3.85. The first kappa shape index (κ1) is 19.9. The molecule has 7 nitrogen and oxygen atoms in total. The van der Waals surface area contributed by atoms with E-state index in [0.29, 0.717) is 25.2 Å². The summed E-state index contributed by atoms with van der Waals surface area (Å²) < 4.78 is 0. The molecule has 0 radical (unpaired) electrons. The number of carbonyl (C=O) groups excluding carboxylic acids is 2. The number of carbonyl (C=O) groups is 2. The van der Waals surface area contributed by atoms with E-state index in [1.54, 1.807) is 18.1 Å². The molecule has 0 aliphatic carbocycles. The van der Waals surface area contributed by atoms with Crippen LogP contribution in [0.3, 0.4) is 0 Å². The molecule has 2 aliphatic rings. The van der Waals surface area contributed by atoms with Gasteiger partial charge in [0.25, 0.3) is 0 Å². The Morgan fingerprint density at radius 2 is 1.75 bits per heavy atom. The Bertz CT molecular complexity index is 1170. The standard InChI is InChI=1S/C25H23N5O2/c1-29-23(31)13-22(17-5-3-2-4-6-17)24(28-29)18-7-9-21(10-8-18)27-25(32)30-15-19-11-12-26-14-20(19)16-30/h2-12,14,22H,13,15-16H2,1H3,(H,27,32). The van der Waals surface area contributed by atoms with Crippen LogP contribution in [0.5, 0.6) is 0 Å². The molecule has 0 bridgehead atoms. The topological polar surface area (TPSA) is 77.9 Å². The summed E-state index contributed by atoms with van der Waals surface area (Å²) in [7, 11) is 1.68. The van der Waals surface area contributed by atoms with E-state index in [9.17, 15) is 9.59 Å². The summed E-state index contributed by atoms with van der Waals surface area (Å²) in [4.78, 5) is 30.9. The fourth-order valence-corrected chi connectivity index (χ4v) is 4.20. The van der Waals surface area contributed by atoms with Gasteiger partial charge in [-0.2, -0.15) is 5.10 Å². The van der Waals surface area contributed by atoms with Gasteiger partial charge in [0.15, 0.2) is 0 Å². The van der Waals surface area contributed by atoms with E-state index in [2.05, 4.69) is 15.4 Å². The highest BCUT2D eigenvalue weighted by atomic mass is 16.2. The minimum atomic E-state index is -0.142. The molecule has 0 saturated heterocycles. The first-order valence-corrected chi connectivity index (χ1v) is 10.6. The Hall–Kier alpha value is -4.00. The zero-order valence-electron chi connectivity index (χ0n) is 17.7. The van der Waals surface area contributed by atoms with Gasteiger partial charge in [-0.3, -0.25) is 9.78 Å². The molecule has 0 fully saturated rings. The molecule has 160 valence electrons. The van der Waals surface area contributed by atoms with Gasteiger partial charge < -0.3 is 10.2 Å². The number of rotatable bonds is 3. The Balaban J connectivity index is 1.33. The second kappa shape index (κ2) is 8.26. The van der Waals surface area contributed by atoms with Crippen LogP contribution in [0.4, 0.5) is 10.5 Å². The summed E-state index contributed by atoms with van der Waals surface area (Å²) in [6.45, 7) is 1.14. The highest BCUT2D eigenvalue weighted by Gasteiger charge is 2.30. The van der Waals surface area contributed by atoms with Crippen molar-refractivity contribution in [2.24, 2.45) is 5.10 Å². The van der Waals surface area contributed by atoms with Crippen LogP contribution in [-0.2, 0) is 17.9 Å². The molecule has 2 aromatic carbocycles. The maximum Gasteiger partial charge on any atom is 0.322 e. The number of nitrogens with one attached hydrogen (secondary N) is 1. The van der Waals surface area contributed by atoms with Gasteiger partial charge in [-0.25, -0.2) is 9.80 Å². The lowest BCUT2D eigenvalue weighted by Crippen LogP contribution is -2.33. The van der Waals surface area contributed by atoms with Crippen LogP contribution in [0.15, 0.2) is 78.2 Å². The Morgan fingerprint density at radius 1 is 1.00 bits per heavy atom. The molecule has 0 spiro atoms. The lowest BCUT2D eigenvalue weighted by atomic mass is 9.86. The lowest BCUT2D eigenvalue weighted by molar-refractivity contribution is -0.130. The lowest BCUT2D eigenvalue weighted by Gasteiger charge is -2.28. The van der Waals surface area contributed by atoms with Crippen molar-refractivity contribution in [3.05, 3.63) is 95.3 Å². The molecule has 32 heavy (non-hydrogen) atoms. The molecule has 1 atom stereocenters. The molecule has 5 rings (SSSR count). The van der Waals surface area contributed by atoms with E-state index in [-0.39, 0.29) is 17.9 Å². The van der Waals surface area contributed by atoms with E-state index < -0.39 is 0 Å². The second-order valence-corrected chi connectivity index (χ2v) is 8.08. The maximum absolute atomic E-state index is 12.7. The molecule has 3 amide bonds. The average molecular weight is 425 g/mol. The van der Waals surface area contributed by atoms with Gasteiger partial charge in [0.05, 0.1) is 5.71 Å². The van der Waals surface area contributed by atoms with Crippen LogP contribution in [0, 0.1) is 0 Å². The van der Waals surface area contributed by atoms with Gasteiger partial charge in [0, 0.05) is 50.6 Å². The second-order valence-electron chi connectivity index (χ2n) is 8.08. The van der Waals surface area contributed by atoms with Gasteiger partial charge >= 0.3 is 6.03 Å². The number of hydrogen-bond acceptors (Lipinski definition) is 4. The van der Waals surface area contributed by atoms with Gasteiger partial charge in [-0.05, 0) is 40.5 Å². The Kier molecular flexibility index (Phi) is 5.15. The summed E-state index contributed by atoms with van der Waals surface area (Å²) >= 11 is 0. The zero-order valence-corrected chi connectivity index (χ0v) is 17.7. The molecule has 1 N–H and O–H groups in total. The number of hydrazone groups is 1. The summed E-state index contributed by atoms with van der Waals surface area (Å²) in [5.41, 5.74) is 5.76. The molecular weight excluding hydrogens is 402 g/mol. The minimum Gasteiger partial charge on any atom is -0.316 e. The van der Waals surface area contributed by atoms with E-state index >= 15 is 0 Å². The van der Waals surface area contributed by atoms with Crippen LogP contribution >= 0.6 is 0 Å². The smallest absolute Gasteiger partial charge is 0.316 e. The van der Waals surface area contributed by atoms with Gasteiger partial charge in [-0.15, -0.1) is 0 Å². The van der Waals surface area contributed by atoms with Crippen LogP contribution in [-0.4, -0.2) is 39.6 Å².